The quantitative estimate of drug-likeness (QED) is 0.547. The summed E-state index contributed by atoms with van der Waals surface area (Å²) in [4.78, 5) is 19.8. The Balaban J connectivity index is 1.65. The standard InChI is InChI=1S/C21H22N4O3/c1-14-13-19(24-17-9-7-16(8-10-17)20(26)27)25-21(23-14)22-12-11-15-5-3-4-6-18(15)28-2/h3-10,13H,11-12H2,1-2H3,(H,26,27)(H2,22,23,24,25). The molecule has 3 aromatic rings. The zero-order valence-electron chi connectivity index (χ0n) is 15.8. The molecule has 0 aliphatic rings. The van der Waals surface area contributed by atoms with Gasteiger partial charge in [0.25, 0.3) is 0 Å². The molecule has 3 rings (SSSR count). The highest BCUT2D eigenvalue weighted by Gasteiger charge is 2.06. The van der Waals surface area contributed by atoms with Crippen LogP contribution in [0.1, 0.15) is 21.6 Å². The summed E-state index contributed by atoms with van der Waals surface area (Å²) in [7, 11) is 1.66. The Morgan fingerprint density at radius 1 is 1.11 bits per heavy atom. The Morgan fingerprint density at radius 2 is 1.86 bits per heavy atom. The fraction of sp³-hybridized carbons (Fsp3) is 0.190. The van der Waals surface area contributed by atoms with Gasteiger partial charge in [0, 0.05) is 24.0 Å². The Kier molecular flexibility index (Phi) is 6.06. The second-order valence-electron chi connectivity index (χ2n) is 6.21. The Bertz CT molecular complexity index is 958. The van der Waals surface area contributed by atoms with Gasteiger partial charge in [-0.15, -0.1) is 0 Å². The van der Waals surface area contributed by atoms with Crippen molar-refractivity contribution in [2.75, 3.05) is 24.3 Å². The molecule has 0 unspecified atom stereocenters. The third-order valence-electron chi connectivity index (χ3n) is 4.13. The van der Waals surface area contributed by atoms with Crippen LogP contribution in [0.4, 0.5) is 17.5 Å². The summed E-state index contributed by atoms with van der Waals surface area (Å²) in [6.07, 6.45) is 0.778. The topological polar surface area (TPSA) is 96.4 Å². The SMILES string of the molecule is COc1ccccc1CCNc1nc(C)cc(Nc2ccc(C(=O)O)cc2)n1. The average molecular weight is 378 g/mol. The number of carbonyl (C=O) groups is 1. The van der Waals surface area contributed by atoms with Crippen molar-refractivity contribution in [1.29, 1.82) is 0 Å². The summed E-state index contributed by atoms with van der Waals surface area (Å²) >= 11 is 0. The van der Waals surface area contributed by atoms with Gasteiger partial charge in [-0.05, 0) is 49.2 Å². The molecule has 1 heterocycles. The number of benzene rings is 2. The lowest BCUT2D eigenvalue weighted by Crippen LogP contribution is -2.10. The maximum absolute atomic E-state index is 10.9. The van der Waals surface area contributed by atoms with E-state index in [0.29, 0.717) is 18.3 Å². The van der Waals surface area contributed by atoms with Crippen LogP contribution in [0.15, 0.2) is 54.6 Å². The van der Waals surface area contributed by atoms with E-state index in [2.05, 4.69) is 20.6 Å². The molecule has 7 nitrogen and oxygen atoms in total. The minimum absolute atomic E-state index is 0.239. The predicted octanol–water partition coefficient (Wildman–Crippen LogP) is 3.89. The number of ether oxygens (including phenoxy) is 1. The molecule has 0 aliphatic carbocycles. The van der Waals surface area contributed by atoms with E-state index in [4.69, 9.17) is 9.84 Å². The minimum Gasteiger partial charge on any atom is -0.496 e. The summed E-state index contributed by atoms with van der Waals surface area (Å²) in [5.74, 6) is 1.07. The van der Waals surface area contributed by atoms with Crippen molar-refractivity contribution < 1.29 is 14.6 Å². The van der Waals surface area contributed by atoms with Crippen LogP contribution in [-0.2, 0) is 6.42 Å². The largest absolute Gasteiger partial charge is 0.496 e. The van der Waals surface area contributed by atoms with Crippen LogP contribution < -0.4 is 15.4 Å². The number of aryl methyl sites for hydroxylation is 1. The molecule has 0 amide bonds. The number of hydrogen-bond acceptors (Lipinski definition) is 6. The fourth-order valence-corrected chi connectivity index (χ4v) is 2.77. The van der Waals surface area contributed by atoms with E-state index in [9.17, 15) is 4.79 Å². The van der Waals surface area contributed by atoms with E-state index in [1.165, 1.54) is 0 Å². The third kappa shape index (κ3) is 4.97. The number of hydrogen-bond donors (Lipinski definition) is 3. The van der Waals surface area contributed by atoms with Crippen molar-refractivity contribution in [2.24, 2.45) is 0 Å². The number of aromatic carboxylic acids is 1. The summed E-state index contributed by atoms with van der Waals surface area (Å²) in [5, 5.41) is 15.4. The van der Waals surface area contributed by atoms with Gasteiger partial charge in [-0.1, -0.05) is 18.2 Å². The molecule has 0 saturated heterocycles. The lowest BCUT2D eigenvalue weighted by molar-refractivity contribution is 0.0697. The molecule has 3 N–H and O–H groups in total. The zero-order valence-corrected chi connectivity index (χ0v) is 15.8. The first-order valence-corrected chi connectivity index (χ1v) is 8.87. The van der Waals surface area contributed by atoms with Gasteiger partial charge in [-0.2, -0.15) is 4.98 Å². The number of rotatable bonds is 8. The molecule has 7 heteroatoms. The predicted molar refractivity (Wildman–Crippen MR) is 109 cm³/mol. The summed E-state index contributed by atoms with van der Waals surface area (Å²) in [6.45, 7) is 2.56. The number of carboxylic acids is 1. The van der Waals surface area contributed by atoms with Gasteiger partial charge in [0.2, 0.25) is 5.95 Å². The van der Waals surface area contributed by atoms with E-state index >= 15 is 0 Å². The minimum atomic E-state index is -0.953. The number of para-hydroxylation sites is 1. The molecule has 28 heavy (non-hydrogen) atoms. The molecule has 0 aliphatic heterocycles. The molecule has 0 radical (unpaired) electrons. The molecule has 0 spiro atoms. The smallest absolute Gasteiger partial charge is 0.335 e. The lowest BCUT2D eigenvalue weighted by atomic mass is 10.1. The van der Waals surface area contributed by atoms with Crippen LogP contribution in [0.25, 0.3) is 0 Å². The highest BCUT2D eigenvalue weighted by atomic mass is 16.5. The zero-order chi connectivity index (χ0) is 19.9. The van der Waals surface area contributed by atoms with E-state index in [1.54, 1.807) is 31.4 Å². The van der Waals surface area contributed by atoms with Gasteiger partial charge in [-0.3, -0.25) is 0 Å². The fourth-order valence-electron chi connectivity index (χ4n) is 2.77. The molecular formula is C21H22N4O3. The number of aromatic nitrogens is 2. The van der Waals surface area contributed by atoms with E-state index in [-0.39, 0.29) is 5.56 Å². The highest BCUT2D eigenvalue weighted by molar-refractivity contribution is 5.88. The van der Waals surface area contributed by atoms with Gasteiger partial charge < -0.3 is 20.5 Å². The number of anilines is 3. The Labute approximate surface area is 163 Å². The van der Waals surface area contributed by atoms with Crippen LogP contribution in [0.3, 0.4) is 0 Å². The first-order chi connectivity index (χ1) is 13.5. The number of carboxylic acid groups (broad SMARTS) is 1. The van der Waals surface area contributed by atoms with Crippen LogP contribution in [0, 0.1) is 6.92 Å². The van der Waals surface area contributed by atoms with Crippen molar-refractivity contribution in [3.05, 3.63) is 71.4 Å². The normalized spacial score (nSPS) is 10.4. The first kappa shape index (κ1) is 19.2. The Hall–Kier alpha value is -3.61. The van der Waals surface area contributed by atoms with Crippen LogP contribution in [0.5, 0.6) is 5.75 Å². The molecule has 1 aromatic heterocycles. The van der Waals surface area contributed by atoms with Gasteiger partial charge in [0.1, 0.15) is 11.6 Å². The third-order valence-corrected chi connectivity index (χ3v) is 4.13. The molecule has 0 atom stereocenters. The maximum atomic E-state index is 10.9. The molecule has 144 valence electrons. The van der Waals surface area contributed by atoms with Gasteiger partial charge in [0.15, 0.2) is 0 Å². The van der Waals surface area contributed by atoms with Crippen LogP contribution >= 0.6 is 0 Å². The number of nitrogens with one attached hydrogen (secondary N) is 2. The molecular weight excluding hydrogens is 356 g/mol. The molecule has 0 saturated carbocycles. The van der Waals surface area contributed by atoms with E-state index in [1.807, 2.05) is 37.3 Å². The van der Waals surface area contributed by atoms with Crippen molar-refractivity contribution in [2.45, 2.75) is 13.3 Å². The monoisotopic (exact) mass is 378 g/mol. The second kappa shape index (κ2) is 8.85. The maximum Gasteiger partial charge on any atom is 0.335 e. The first-order valence-electron chi connectivity index (χ1n) is 8.87. The molecule has 2 aromatic carbocycles. The molecule has 0 fully saturated rings. The molecule has 0 bridgehead atoms. The van der Waals surface area contributed by atoms with Gasteiger partial charge in [-0.25, -0.2) is 9.78 Å². The van der Waals surface area contributed by atoms with Crippen LogP contribution in [-0.4, -0.2) is 34.7 Å². The highest BCUT2D eigenvalue weighted by Crippen LogP contribution is 2.19. The average Bonchev–Trinajstić information content (AvgIpc) is 2.68. The summed E-state index contributed by atoms with van der Waals surface area (Å²) < 4.78 is 5.37. The second-order valence-corrected chi connectivity index (χ2v) is 6.21. The lowest BCUT2D eigenvalue weighted by Gasteiger charge is -2.11. The van der Waals surface area contributed by atoms with Gasteiger partial charge >= 0.3 is 5.97 Å². The number of methoxy groups -OCH3 is 1. The van der Waals surface area contributed by atoms with E-state index in [0.717, 1.165) is 29.1 Å². The van der Waals surface area contributed by atoms with E-state index < -0.39 is 5.97 Å². The van der Waals surface area contributed by atoms with Crippen molar-refractivity contribution >= 4 is 23.4 Å². The van der Waals surface area contributed by atoms with Crippen molar-refractivity contribution in [3.8, 4) is 5.75 Å². The van der Waals surface area contributed by atoms with Crippen LogP contribution in [0.2, 0.25) is 0 Å². The van der Waals surface area contributed by atoms with Gasteiger partial charge in [0.05, 0.1) is 12.7 Å². The summed E-state index contributed by atoms with van der Waals surface area (Å²) in [5.41, 5.74) is 2.92. The van der Waals surface area contributed by atoms with Crippen molar-refractivity contribution in [1.82, 2.24) is 9.97 Å². The van der Waals surface area contributed by atoms with Crippen molar-refractivity contribution in [3.63, 3.8) is 0 Å². The Morgan fingerprint density at radius 3 is 2.57 bits per heavy atom. The number of nitrogens with zero attached hydrogens (tertiary/aromatic N) is 2. The summed E-state index contributed by atoms with van der Waals surface area (Å²) in [6, 6.07) is 16.2.